The molecule has 2 aliphatic rings. The highest BCUT2D eigenvalue weighted by Crippen LogP contribution is 2.06. The summed E-state index contributed by atoms with van der Waals surface area (Å²) in [5, 5.41) is 2.04. The van der Waals surface area contributed by atoms with Gasteiger partial charge in [0, 0.05) is 23.2 Å². The topological polar surface area (TPSA) is 34.0 Å². The van der Waals surface area contributed by atoms with Gasteiger partial charge in [-0.05, 0) is 12.1 Å². The molecule has 0 saturated heterocycles. The van der Waals surface area contributed by atoms with E-state index in [9.17, 15) is 0 Å². The van der Waals surface area contributed by atoms with Crippen LogP contribution in [0.25, 0.3) is 6.20 Å². The zero-order chi connectivity index (χ0) is 7.97. The van der Waals surface area contributed by atoms with Crippen molar-refractivity contribution in [1.82, 2.24) is 0 Å². The molecule has 0 aliphatic carbocycles. The monoisotopic (exact) mass is 158 g/mol. The van der Waals surface area contributed by atoms with Gasteiger partial charge in [0.05, 0.1) is 0 Å². The number of hydrogen-bond donors (Lipinski definition) is 0. The molecular formula is C9H6N2O. The van der Waals surface area contributed by atoms with Crippen molar-refractivity contribution in [3.8, 4) is 5.75 Å². The fourth-order valence-electron chi connectivity index (χ4n) is 1.49. The first-order chi connectivity index (χ1) is 5.95. The summed E-state index contributed by atoms with van der Waals surface area (Å²) in [7, 11) is 0. The van der Waals surface area contributed by atoms with Crippen molar-refractivity contribution in [3.63, 3.8) is 0 Å². The number of fused-ring (bicyclic) bond motifs is 3. The van der Waals surface area contributed by atoms with Gasteiger partial charge in [-0.3, -0.25) is 4.99 Å². The molecule has 3 heteroatoms. The Morgan fingerprint density at radius 2 is 2.33 bits per heavy atom. The lowest BCUT2D eigenvalue weighted by Gasteiger charge is -1.94. The average molecular weight is 158 g/mol. The molecule has 0 radical (unpaired) electrons. The second-order valence-electron chi connectivity index (χ2n) is 2.75. The van der Waals surface area contributed by atoms with Crippen LogP contribution in [-0.4, -0.2) is 12.9 Å². The lowest BCUT2D eigenvalue weighted by Crippen LogP contribution is -2.25. The molecule has 0 amide bonds. The Bertz CT molecular complexity index is 488. The van der Waals surface area contributed by atoms with E-state index < -0.39 is 0 Å². The first-order valence-electron chi connectivity index (χ1n) is 3.79. The van der Waals surface area contributed by atoms with Crippen molar-refractivity contribution >= 4 is 12.4 Å². The Hall–Kier alpha value is -1.64. The smallest absolute Gasteiger partial charge is 0.180 e. The molecule has 0 bridgehead atoms. The standard InChI is InChI=1S/C9H6N2O/c1-2-8-9(11-5-12-8)7-4-10-3-6(1)7/h1-4H,5H2. The molecule has 1 aromatic carbocycles. The summed E-state index contributed by atoms with van der Waals surface area (Å²) in [5.41, 5.74) is 1.13. The van der Waals surface area contributed by atoms with Crippen LogP contribution in [-0.2, 0) is 0 Å². The van der Waals surface area contributed by atoms with Gasteiger partial charge in [0.2, 0.25) is 0 Å². The lowest BCUT2D eigenvalue weighted by atomic mass is 10.2. The van der Waals surface area contributed by atoms with E-state index in [1.54, 1.807) is 0 Å². The van der Waals surface area contributed by atoms with Gasteiger partial charge >= 0.3 is 0 Å². The summed E-state index contributed by atoms with van der Waals surface area (Å²) in [6.07, 6.45) is 3.66. The normalized spacial score (nSPS) is 16.0. The maximum atomic E-state index is 5.28. The predicted octanol–water partition coefficient (Wildman–Crippen LogP) is -0.173. The molecular weight excluding hydrogens is 152 g/mol. The third kappa shape index (κ3) is 0.605. The highest BCUT2D eigenvalue weighted by atomic mass is 16.5. The van der Waals surface area contributed by atoms with Gasteiger partial charge in [-0.1, -0.05) is 0 Å². The van der Waals surface area contributed by atoms with Crippen LogP contribution < -0.4 is 15.3 Å². The van der Waals surface area contributed by atoms with Crippen molar-refractivity contribution in [1.29, 1.82) is 0 Å². The first kappa shape index (κ1) is 5.94. The van der Waals surface area contributed by atoms with Gasteiger partial charge in [-0.15, -0.1) is 0 Å². The van der Waals surface area contributed by atoms with Crippen LogP contribution in [0.15, 0.2) is 22.1 Å². The van der Waals surface area contributed by atoms with Gasteiger partial charge in [0.25, 0.3) is 0 Å². The lowest BCUT2D eigenvalue weighted by molar-refractivity contribution is 0.352. The second kappa shape index (κ2) is 1.94. The highest BCUT2D eigenvalue weighted by Gasteiger charge is 2.09. The summed E-state index contributed by atoms with van der Waals surface area (Å²) in [4.78, 5) is 8.30. The van der Waals surface area contributed by atoms with Crippen molar-refractivity contribution in [2.45, 2.75) is 0 Å². The number of nitrogens with zero attached hydrogens (tertiary/aromatic N) is 2. The minimum absolute atomic E-state index is 0.444. The molecule has 0 spiro atoms. The van der Waals surface area contributed by atoms with E-state index in [2.05, 4.69) is 9.98 Å². The molecule has 0 N–H and O–H groups in total. The summed E-state index contributed by atoms with van der Waals surface area (Å²) in [5.74, 6) is 0.871. The zero-order valence-corrected chi connectivity index (χ0v) is 6.32. The molecule has 2 heterocycles. The van der Waals surface area contributed by atoms with Crippen LogP contribution in [0.2, 0.25) is 0 Å². The molecule has 1 aromatic rings. The van der Waals surface area contributed by atoms with E-state index in [0.29, 0.717) is 6.73 Å². The van der Waals surface area contributed by atoms with Crippen LogP contribution in [0.4, 0.5) is 0 Å². The molecule has 12 heavy (non-hydrogen) atoms. The molecule has 0 aromatic heterocycles. The Kier molecular flexibility index (Phi) is 0.961. The minimum Gasteiger partial charge on any atom is -0.469 e. The van der Waals surface area contributed by atoms with Gasteiger partial charge in [0.15, 0.2) is 6.73 Å². The molecule has 0 unspecified atom stereocenters. The Morgan fingerprint density at radius 1 is 1.33 bits per heavy atom. The van der Waals surface area contributed by atoms with Crippen molar-refractivity contribution in [3.05, 3.63) is 28.3 Å². The van der Waals surface area contributed by atoms with E-state index in [0.717, 1.165) is 21.9 Å². The van der Waals surface area contributed by atoms with Crippen LogP contribution in [0.5, 0.6) is 5.75 Å². The van der Waals surface area contributed by atoms with Gasteiger partial charge in [-0.2, -0.15) is 0 Å². The largest absolute Gasteiger partial charge is 0.469 e. The molecule has 0 fully saturated rings. The Morgan fingerprint density at radius 3 is 3.33 bits per heavy atom. The van der Waals surface area contributed by atoms with E-state index >= 15 is 0 Å². The fourth-order valence-corrected chi connectivity index (χ4v) is 1.49. The van der Waals surface area contributed by atoms with Crippen molar-refractivity contribution < 1.29 is 4.74 Å². The summed E-state index contributed by atoms with van der Waals surface area (Å²) >= 11 is 0. The highest BCUT2D eigenvalue weighted by molar-refractivity contribution is 5.85. The fraction of sp³-hybridized carbons (Fsp3) is 0.111. The maximum absolute atomic E-state index is 5.28. The third-order valence-corrected chi connectivity index (χ3v) is 2.07. The molecule has 3 nitrogen and oxygen atoms in total. The average Bonchev–Trinajstić information content (AvgIpc) is 2.71. The number of ether oxygens (including phenoxy) is 1. The molecule has 0 atom stereocenters. The zero-order valence-electron chi connectivity index (χ0n) is 6.32. The quantitative estimate of drug-likeness (QED) is 0.516. The molecule has 3 rings (SSSR count). The van der Waals surface area contributed by atoms with E-state index in [4.69, 9.17) is 4.74 Å². The number of hydrogen-bond acceptors (Lipinski definition) is 3. The summed E-state index contributed by atoms with van der Waals surface area (Å²) in [6.45, 7) is 0.444. The van der Waals surface area contributed by atoms with Gasteiger partial charge in [0.1, 0.15) is 11.1 Å². The van der Waals surface area contributed by atoms with Gasteiger partial charge in [-0.25, -0.2) is 4.99 Å². The molecule has 0 saturated carbocycles. The van der Waals surface area contributed by atoms with Crippen molar-refractivity contribution in [2.75, 3.05) is 6.73 Å². The maximum Gasteiger partial charge on any atom is 0.180 e. The molecule has 58 valence electrons. The Balaban J connectivity index is 2.54. The van der Waals surface area contributed by atoms with Crippen LogP contribution >= 0.6 is 0 Å². The van der Waals surface area contributed by atoms with E-state index in [1.165, 1.54) is 0 Å². The van der Waals surface area contributed by atoms with Crippen LogP contribution in [0.1, 0.15) is 5.56 Å². The van der Waals surface area contributed by atoms with Crippen LogP contribution in [0, 0.1) is 0 Å². The first-order valence-corrected chi connectivity index (χ1v) is 3.79. The third-order valence-electron chi connectivity index (χ3n) is 2.07. The number of rotatable bonds is 0. The van der Waals surface area contributed by atoms with Crippen molar-refractivity contribution in [2.24, 2.45) is 9.98 Å². The van der Waals surface area contributed by atoms with E-state index in [-0.39, 0.29) is 0 Å². The molecule has 2 aliphatic heterocycles. The Labute approximate surface area is 68.7 Å². The summed E-state index contributed by atoms with van der Waals surface area (Å²) in [6, 6.07) is 3.94. The SMILES string of the molecule is C1=NC=c2c1ccc1c2=NCO1. The second-order valence-corrected chi connectivity index (χ2v) is 2.75. The van der Waals surface area contributed by atoms with Gasteiger partial charge < -0.3 is 4.74 Å². The minimum atomic E-state index is 0.444. The van der Waals surface area contributed by atoms with E-state index in [1.807, 2.05) is 24.5 Å². The number of aliphatic imine (C=N–C) groups is 1. The van der Waals surface area contributed by atoms with Crippen LogP contribution in [0.3, 0.4) is 0 Å². The number of benzene rings is 1. The predicted molar refractivity (Wildman–Crippen MR) is 44.8 cm³/mol. The summed E-state index contributed by atoms with van der Waals surface area (Å²) < 4.78 is 5.28.